The molecule has 0 aliphatic heterocycles. The smallest absolute Gasteiger partial charge is 0.346 e. The summed E-state index contributed by atoms with van der Waals surface area (Å²) >= 11 is 0. The van der Waals surface area contributed by atoms with Gasteiger partial charge in [-0.25, -0.2) is 24.0 Å². The number of unbranched alkanes of at least 4 members (excludes halogenated alkanes) is 1. The van der Waals surface area contributed by atoms with Crippen LogP contribution in [0.15, 0.2) is 33.4 Å². The Kier molecular flexibility index (Phi) is 11.8. The van der Waals surface area contributed by atoms with Gasteiger partial charge in [0.15, 0.2) is 0 Å². The van der Waals surface area contributed by atoms with E-state index in [0.29, 0.717) is 0 Å². The predicted molar refractivity (Wildman–Crippen MR) is 109 cm³/mol. The number of rotatable bonds is 1. The second-order valence-electron chi connectivity index (χ2n) is 7.96. The summed E-state index contributed by atoms with van der Waals surface area (Å²) in [5.74, 6) is 0. The Labute approximate surface area is 178 Å². The maximum Gasteiger partial charge on any atom is 4.00 e. The first-order chi connectivity index (χ1) is 10.8. The van der Waals surface area contributed by atoms with Gasteiger partial charge in [0.05, 0.1) is 0 Å². The van der Waals surface area contributed by atoms with E-state index >= 15 is 0 Å². The summed E-state index contributed by atoms with van der Waals surface area (Å²) in [4.78, 5) is 0. The van der Waals surface area contributed by atoms with Crippen molar-refractivity contribution in [3.8, 4) is 0 Å². The van der Waals surface area contributed by atoms with E-state index in [-0.39, 0.29) is 37.0 Å². The van der Waals surface area contributed by atoms with Crippen LogP contribution in [0.5, 0.6) is 0 Å². The van der Waals surface area contributed by atoms with Crippen LogP contribution in [0.3, 0.4) is 0 Å². The molecule has 25 heavy (non-hydrogen) atoms. The third-order valence-electron chi connectivity index (χ3n) is 5.38. The monoisotopic (exact) mass is 416 g/mol. The van der Waals surface area contributed by atoms with Crippen LogP contribution < -0.4 is 0 Å². The van der Waals surface area contributed by atoms with Gasteiger partial charge in [0.2, 0.25) is 0 Å². The molecule has 0 bridgehead atoms. The summed E-state index contributed by atoms with van der Waals surface area (Å²) in [6, 6.07) is 0. The van der Waals surface area contributed by atoms with Gasteiger partial charge in [-0.15, -0.1) is 13.8 Å². The minimum atomic E-state index is 0. The topological polar surface area (TPSA) is 0 Å². The van der Waals surface area contributed by atoms with Crippen molar-refractivity contribution in [2.24, 2.45) is 10.8 Å². The van der Waals surface area contributed by atoms with Crippen LogP contribution in [0.4, 0.5) is 0 Å². The summed E-state index contributed by atoms with van der Waals surface area (Å²) < 4.78 is 0. The largest absolute Gasteiger partial charge is 4.00 e. The molecule has 0 nitrogen and oxygen atoms in total. The van der Waals surface area contributed by atoms with Gasteiger partial charge in [-0.1, -0.05) is 66.2 Å². The van der Waals surface area contributed by atoms with Gasteiger partial charge < -0.3 is 13.8 Å². The van der Waals surface area contributed by atoms with Gasteiger partial charge >= 0.3 is 26.2 Å². The van der Waals surface area contributed by atoms with Crippen molar-refractivity contribution >= 4 is 0 Å². The summed E-state index contributed by atoms with van der Waals surface area (Å²) in [7, 11) is 0. The van der Waals surface area contributed by atoms with Crippen molar-refractivity contribution < 1.29 is 26.2 Å². The number of hydrogen-bond donors (Lipinski definition) is 0. The van der Waals surface area contributed by atoms with Gasteiger partial charge in [0, 0.05) is 0 Å². The summed E-state index contributed by atoms with van der Waals surface area (Å²) in [5.41, 5.74) is 8.79. The summed E-state index contributed by atoms with van der Waals surface area (Å²) in [6.07, 6.45) is 8.79. The van der Waals surface area contributed by atoms with E-state index in [1.54, 1.807) is 0 Å². The SMILES string of the molecule is CC1=[C-]C(C)(C)C(C)=C1C.CC1=[C-]C(C)(C)C(C)=C1C.[CH2-]CC[CH2-].[Zr+4]. The van der Waals surface area contributed by atoms with E-state index in [1.807, 2.05) is 0 Å². The Hall–Kier alpha value is -0.157. The quantitative estimate of drug-likeness (QED) is 0.384. The molecule has 0 aromatic rings. The van der Waals surface area contributed by atoms with Gasteiger partial charge in [-0.3, -0.25) is 12.2 Å². The number of hydrogen-bond acceptors (Lipinski definition) is 0. The molecule has 2 aliphatic rings. The van der Waals surface area contributed by atoms with Crippen LogP contribution in [0.25, 0.3) is 0 Å². The summed E-state index contributed by atoms with van der Waals surface area (Å²) in [6.45, 7) is 28.9. The zero-order valence-corrected chi connectivity index (χ0v) is 20.8. The fourth-order valence-corrected chi connectivity index (χ4v) is 2.81. The van der Waals surface area contributed by atoms with Crippen molar-refractivity contribution in [1.82, 2.24) is 0 Å². The Morgan fingerprint density at radius 2 is 0.880 bits per heavy atom. The Balaban J connectivity index is 0. The minimum absolute atomic E-state index is 0. The molecule has 1 heteroatoms. The third kappa shape index (κ3) is 7.54. The Morgan fingerprint density at radius 3 is 0.920 bits per heavy atom. The maximum atomic E-state index is 3.54. The van der Waals surface area contributed by atoms with Gasteiger partial charge in [0.1, 0.15) is 0 Å². The predicted octanol–water partition coefficient (Wildman–Crippen LogP) is 7.66. The zero-order valence-electron chi connectivity index (χ0n) is 18.3. The standard InChI is InChI=1S/2C10H15.C4H8.Zr/c2*1-7-6-10(4,5)9(3)8(7)2;1-3-4-2;/h2*1-5H3;1-4H2;/q2*-1;-2;+4. The average molecular weight is 418 g/mol. The van der Waals surface area contributed by atoms with Crippen molar-refractivity contribution in [3.05, 3.63) is 59.4 Å². The molecule has 0 radical (unpaired) electrons. The molecule has 0 aromatic heterocycles. The molecule has 0 aromatic carbocycles. The van der Waals surface area contributed by atoms with Crippen molar-refractivity contribution in [3.63, 3.8) is 0 Å². The van der Waals surface area contributed by atoms with Gasteiger partial charge in [-0.2, -0.15) is 22.3 Å². The first kappa shape index (κ1) is 27.1. The van der Waals surface area contributed by atoms with Crippen LogP contribution in [-0.2, 0) is 26.2 Å². The van der Waals surface area contributed by atoms with Crippen molar-refractivity contribution in [1.29, 1.82) is 0 Å². The fourth-order valence-electron chi connectivity index (χ4n) is 2.81. The molecule has 0 unspecified atom stereocenters. The molecule has 2 rings (SSSR count). The zero-order chi connectivity index (χ0) is 19.3. The van der Waals surface area contributed by atoms with Crippen molar-refractivity contribution in [2.45, 2.75) is 82.1 Å². The molecule has 0 atom stereocenters. The molecular formula is C24H38Zr. The average Bonchev–Trinajstić information content (AvgIpc) is 2.78. The fraction of sp³-hybridized carbons (Fsp3) is 0.583. The molecule has 138 valence electrons. The molecule has 0 saturated carbocycles. The van der Waals surface area contributed by atoms with E-state index < -0.39 is 0 Å². The first-order valence-electron chi connectivity index (χ1n) is 9.00. The van der Waals surface area contributed by atoms with Crippen LogP contribution in [0.1, 0.15) is 82.1 Å². The molecule has 2 aliphatic carbocycles. The van der Waals surface area contributed by atoms with E-state index in [2.05, 4.69) is 95.2 Å². The van der Waals surface area contributed by atoms with Gasteiger partial charge in [0.25, 0.3) is 0 Å². The molecule has 0 fully saturated rings. The van der Waals surface area contributed by atoms with Crippen LogP contribution >= 0.6 is 0 Å². The minimum Gasteiger partial charge on any atom is -0.346 e. The normalized spacial score (nSPS) is 20.0. The van der Waals surface area contributed by atoms with Crippen molar-refractivity contribution in [2.75, 3.05) is 0 Å². The first-order valence-corrected chi connectivity index (χ1v) is 9.00. The molecule has 0 spiro atoms. The molecular weight excluding hydrogens is 379 g/mol. The molecule has 0 heterocycles. The van der Waals surface area contributed by atoms with Crippen LogP contribution in [0.2, 0.25) is 0 Å². The second kappa shape index (κ2) is 10.9. The van der Waals surface area contributed by atoms with Gasteiger partial charge in [-0.05, 0) is 0 Å². The van der Waals surface area contributed by atoms with E-state index in [9.17, 15) is 0 Å². The third-order valence-corrected chi connectivity index (χ3v) is 5.38. The Bertz CT molecular complexity index is 511. The van der Waals surface area contributed by atoms with E-state index in [1.165, 1.54) is 33.4 Å². The van der Waals surface area contributed by atoms with Crippen LogP contribution in [0, 0.1) is 36.8 Å². The second-order valence-corrected chi connectivity index (χ2v) is 7.96. The maximum absolute atomic E-state index is 3.54. The molecule has 0 saturated heterocycles. The van der Waals surface area contributed by atoms with E-state index in [4.69, 9.17) is 0 Å². The molecule has 0 N–H and O–H groups in total. The van der Waals surface area contributed by atoms with Crippen LogP contribution in [-0.4, -0.2) is 0 Å². The number of allylic oxidation sites excluding steroid dienone is 8. The molecule has 0 amide bonds. The van der Waals surface area contributed by atoms with E-state index in [0.717, 1.165) is 12.8 Å². The summed E-state index contributed by atoms with van der Waals surface area (Å²) in [5, 5.41) is 0. The Morgan fingerprint density at radius 1 is 0.640 bits per heavy atom.